The lowest BCUT2D eigenvalue weighted by molar-refractivity contribution is -0.119. The first-order valence-corrected chi connectivity index (χ1v) is 8.93. The molecule has 23 heavy (non-hydrogen) atoms. The lowest BCUT2D eigenvalue weighted by atomic mass is 10.1. The number of carbonyl (C=O) groups is 1. The van der Waals surface area contributed by atoms with Crippen LogP contribution in [0.5, 0.6) is 5.75 Å². The molecule has 2 aromatic carbocycles. The first kappa shape index (κ1) is 17.4. The molecule has 1 amide bonds. The number of nitrogens with one attached hydrogen (secondary N) is 1. The van der Waals surface area contributed by atoms with E-state index in [1.807, 2.05) is 68.4 Å². The van der Waals surface area contributed by atoms with Crippen molar-refractivity contribution in [3.8, 4) is 5.75 Å². The first-order chi connectivity index (χ1) is 11.2. The average molecular weight is 329 g/mol. The Morgan fingerprint density at radius 3 is 2.57 bits per heavy atom. The largest absolute Gasteiger partial charge is 0.492 e. The van der Waals surface area contributed by atoms with Crippen LogP contribution in [0.2, 0.25) is 0 Å². The summed E-state index contributed by atoms with van der Waals surface area (Å²) < 4.78 is 5.72. The molecule has 0 aliphatic rings. The molecule has 2 aromatic rings. The van der Waals surface area contributed by atoms with Crippen molar-refractivity contribution in [3.63, 3.8) is 0 Å². The normalized spacial score (nSPS) is 11.7. The van der Waals surface area contributed by atoms with Crippen LogP contribution in [-0.4, -0.2) is 24.0 Å². The second kappa shape index (κ2) is 9.26. The van der Waals surface area contributed by atoms with Crippen LogP contribution in [-0.2, 0) is 4.79 Å². The molecule has 0 heterocycles. The SMILES string of the molecule is Cc1ccccc1OCCSCC(=O)NC(C)c1ccccc1. The highest BCUT2D eigenvalue weighted by molar-refractivity contribution is 7.99. The maximum absolute atomic E-state index is 11.9. The summed E-state index contributed by atoms with van der Waals surface area (Å²) in [5.41, 5.74) is 2.25. The predicted molar refractivity (Wildman–Crippen MR) is 97.0 cm³/mol. The number of para-hydroxylation sites is 1. The fourth-order valence-corrected chi connectivity index (χ4v) is 2.82. The summed E-state index contributed by atoms with van der Waals surface area (Å²) in [6.07, 6.45) is 0. The van der Waals surface area contributed by atoms with E-state index in [0.717, 1.165) is 22.6 Å². The quantitative estimate of drug-likeness (QED) is 0.744. The van der Waals surface area contributed by atoms with Gasteiger partial charge in [-0.15, -0.1) is 11.8 Å². The Balaban J connectivity index is 1.63. The number of benzene rings is 2. The highest BCUT2D eigenvalue weighted by atomic mass is 32.2. The minimum atomic E-state index is 0.0347. The molecule has 0 aliphatic heterocycles. The summed E-state index contributed by atoms with van der Waals surface area (Å²) in [5, 5.41) is 3.01. The predicted octanol–water partition coefficient (Wildman–Crippen LogP) is 3.98. The van der Waals surface area contributed by atoms with Gasteiger partial charge in [-0.25, -0.2) is 0 Å². The van der Waals surface area contributed by atoms with E-state index in [2.05, 4.69) is 5.32 Å². The van der Waals surface area contributed by atoms with Crippen molar-refractivity contribution in [1.29, 1.82) is 0 Å². The summed E-state index contributed by atoms with van der Waals surface area (Å²) in [5.74, 6) is 2.22. The number of aryl methyl sites for hydroxylation is 1. The lowest BCUT2D eigenvalue weighted by Gasteiger charge is -2.14. The van der Waals surface area contributed by atoms with Crippen LogP contribution in [0, 0.1) is 6.92 Å². The van der Waals surface area contributed by atoms with Gasteiger partial charge in [0.1, 0.15) is 5.75 Å². The second-order valence-electron chi connectivity index (χ2n) is 5.37. The van der Waals surface area contributed by atoms with Crippen LogP contribution >= 0.6 is 11.8 Å². The Morgan fingerprint density at radius 1 is 1.13 bits per heavy atom. The van der Waals surface area contributed by atoms with E-state index < -0.39 is 0 Å². The maximum atomic E-state index is 11.9. The number of hydrogen-bond acceptors (Lipinski definition) is 3. The van der Waals surface area contributed by atoms with Crippen molar-refractivity contribution in [2.75, 3.05) is 18.1 Å². The molecule has 0 radical (unpaired) electrons. The maximum Gasteiger partial charge on any atom is 0.230 e. The van der Waals surface area contributed by atoms with Gasteiger partial charge in [-0.3, -0.25) is 4.79 Å². The van der Waals surface area contributed by atoms with Gasteiger partial charge in [0.15, 0.2) is 0 Å². The molecule has 4 heteroatoms. The van der Waals surface area contributed by atoms with Gasteiger partial charge < -0.3 is 10.1 Å². The molecular formula is C19H23NO2S. The molecule has 0 aromatic heterocycles. The molecule has 0 saturated carbocycles. The third-order valence-corrected chi connectivity index (χ3v) is 4.41. The molecular weight excluding hydrogens is 306 g/mol. The van der Waals surface area contributed by atoms with Crippen LogP contribution in [0.1, 0.15) is 24.1 Å². The van der Waals surface area contributed by atoms with Gasteiger partial charge >= 0.3 is 0 Å². The summed E-state index contributed by atoms with van der Waals surface area (Å²) in [7, 11) is 0. The van der Waals surface area contributed by atoms with Crippen molar-refractivity contribution >= 4 is 17.7 Å². The highest BCUT2D eigenvalue weighted by Gasteiger charge is 2.09. The topological polar surface area (TPSA) is 38.3 Å². The monoisotopic (exact) mass is 329 g/mol. The second-order valence-corrected chi connectivity index (χ2v) is 6.47. The van der Waals surface area contributed by atoms with Crippen molar-refractivity contribution < 1.29 is 9.53 Å². The zero-order valence-electron chi connectivity index (χ0n) is 13.6. The number of rotatable bonds is 8. The van der Waals surface area contributed by atoms with Crippen LogP contribution in [0.15, 0.2) is 54.6 Å². The number of amides is 1. The van der Waals surface area contributed by atoms with Gasteiger partial charge in [-0.1, -0.05) is 48.5 Å². The molecule has 0 aliphatic carbocycles. The van der Waals surface area contributed by atoms with E-state index in [1.54, 1.807) is 11.8 Å². The molecule has 1 atom stereocenters. The molecule has 0 saturated heterocycles. The van der Waals surface area contributed by atoms with E-state index in [4.69, 9.17) is 4.74 Å². The van der Waals surface area contributed by atoms with Crippen LogP contribution in [0.4, 0.5) is 0 Å². The van der Waals surface area contributed by atoms with E-state index in [9.17, 15) is 4.79 Å². The standard InChI is InChI=1S/C19H23NO2S/c1-15-8-6-7-11-18(15)22-12-13-23-14-19(21)20-16(2)17-9-4-3-5-10-17/h3-11,16H,12-14H2,1-2H3,(H,20,21). The van der Waals surface area contributed by atoms with Gasteiger partial charge in [-0.05, 0) is 31.0 Å². The molecule has 0 fully saturated rings. The van der Waals surface area contributed by atoms with Crippen LogP contribution < -0.4 is 10.1 Å². The molecule has 3 nitrogen and oxygen atoms in total. The Bertz CT molecular complexity index is 616. The third-order valence-electron chi connectivity index (χ3n) is 3.49. The zero-order valence-corrected chi connectivity index (χ0v) is 14.4. The molecule has 122 valence electrons. The van der Waals surface area contributed by atoms with Crippen molar-refractivity contribution in [2.45, 2.75) is 19.9 Å². The van der Waals surface area contributed by atoms with Gasteiger partial charge in [0, 0.05) is 5.75 Å². The highest BCUT2D eigenvalue weighted by Crippen LogP contribution is 2.16. The van der Waals surface area contributed by atoms with Crippen molar-refractivity contribution in [3.05, 3.63) is 65.7 Å². The molecule has 2 rings (SSSR count). The Kier molecular flexibility index (Phi) is 7.01. The zero-order chi connectivity index (χ0) is 16.5. The minimum absolute atomic E-state index is 0.0347. The fourth-order valence-electron chi connectivity index (χ4n) is 2.20. The molecule has 0 bridgehead atoms. The number of thioether (sulfide) groups is 1. The van der Waals surface area contributed by atoms with E-state index in [1.165, 1.54) is 0 Å². The number of ether oxygens (including phenoxy) is 1. The lowest BCUT2D eigenvalue weighted by Crippen LogP contribution is -2.28. The minimum Gasteiger partial charge on any atom is -0.492 e. The average Bonchev–Trinajstić information content (AvgIpc) is 2.57. The number of carbonyl (C=O) groups excluding carboxylic acids is 1. The number of hydrogen-bond donors (Lipinski definition) is 1. The Hall–Kier alpha value is -1.94. The Labute approximate surface area is 142 Å². The van der Waals surface area contributed by atoms with Gasteiger partial charge in [0.05, 0.1) is 18.4 Å². The Morgan fingerprint density at radius 2 is 1.83 bits per heavy atom. The fraction of sp³-hybridized carbons (Fsp3) is 0.316. The summed E-state index contributed by atoms with van der Waals surface area (Å²) in [6, 6.07) is 18.0. The van der Waals surface area contributed by atoms with Crippen LogP contribution in [0.25, 0.3) is 0 Å². The molecule has 0 spiro atoms. The third kappa shape index (κ3) is 5.99. The van der Waals surface area contributed by atoms with E-state index >= 15 is 0 Å². The van der Waals surface area contributed by atoms with Crippen LogP contribution in [0.3, 0.4) is 0 Å². The van der Waals surface area contributed by atoms with E-state index in [0.29, 0.717) is 12.4 Å². The molecule has 1 N–H and O–H groups in total. The summed E-state index contributed by atoms with van der Waals surface area (Å²) in [6.45, 7) is 4.64. The van der Waals surface area contributed by atoms with Gasteiger partial charge in [-0.2, -0.15) is 0 Å². The van der Waals surface area contributed by atoms with Crippen molar-refractivity contribution in [1.82, 2.24) is 5.32 Å². The summed E-state index contributed by atoms with van der Waals surface area (Å²) in [4.78, 5) is 11.9. The smallest absolute Gasteiger partial charge is 0.230 e. The summed E-state index contributed by atoms with van der Waals surface area (Å²) >= 11 is 1.59. The van der Waals surface area contributed by atoms with Gasteiger partial charge in [0.25, 0.3) is 0 Å². The first-order valence-electron chi connectivity index (χ1n) is 7.77. The van der Waals surface area contributed by atoms with E-state index in [-0.39, 0.29) is 11.9 Å². The molecule has 1 unspecified atom stereocenters. The van der Waals surface area contributed by atoms with Gasteiger partial charge in [0.2, 0.25) is 5.91 Å². The van der Waals surface area contributed by atoms with Crippen molar-refractivity contribution in [2.24, 2.45) is 0 Å².